The molecule has 0 saturated heterocycles. The molecular weight excluding hydrogens is 432 g/mol. The number of amides is 2. The number of hydrogen-bond donors (Lipinski definition) is 2. The van der Waals surface area contributed by atoms with E-state index in [1.807, 2.05) is 30.3 Å². The zero-order valence-corrected chi connectivity index (χ0v) is 18.8. The van der Waals surface area contributed by atoms with Crippen LogP contribution in [-0.2, 0) is 11.3 Å². The zero-order valence-electron chi connectivity index (χ0n) is 18.8. The van der Waals surface area contributed by atoms with Crippen molar-refractivity contribution < 1.29 is 9.59 Å². The number of aryl methyl sites for hydroxylation is 1. The van der Waals surface area contributed by atoms with Gasteiger partial charge in [-0.2, -0.15) is 10.2 Å². The van der Waals surface area contributed by atoms with Crippen molar-refractivity contribution in [3.63, 3.8) is 0 Å². The van der Waals surface area contributed by atoms with Gasteiger partial charge in [0.25, 0.3) is 17.4 Å². The number of benzene rings is 2. The fourth-order valence-electron chi connectivity index (χ4n) is 3.80. The molecular formula is C25H26N6O3. The molecule has 0 fully saturated rings. The lowest BCUT2D eigenvalue weighted by Gasteiger charge is -2.18. The molecule has 0 saturated carbocycles. The van der Waals surface area contributed by atoms with Gasteiger partial charge in [0.2, 0.25) is 0 Å². The highest BCUT2D eigenvalue weighted by Crippen LogP contribution is 2.17. The average molecular weight is 459 g/mol. The quantitative estimate of drug-likeness (QED) is 0.312. The van der Waals surface area contributed by atoms with Crippen LogP contribution in [0.2, 0.25) is 0 Å². The predicted molar refractivity (Wildman–Crippen MR) is 128 cm³/mol. The third-order valence-corrected chi connectivity index (χ3v) is 5.51. The van der Waals surface area contributed by atoms with Gasteiger partial charge in [-0.25, -0.2) is 4.68 Å². The van der Waals surface area contributed by atoms with Crippen LogP contribution in [-0.4, -0.2) is 31.4 Å². The van der Waals surface area contributed by atoms with Crippen LogP contribution in [0.1, 0.15) is 48.3 Å². The van der Waals surface area contributed by atoms with Gasteiger partial charge in [0.15, 0.2) is 11.7 Å². The maximum atomic E-state index is 13.1. The van der Waals surface area contributed by atoms with E-state index >= 15 is 0 Å². The molecule has 174 valence electrons. The molecule has 0 spiro atoms. The normalized spacial score (nSPS) is 11.8. The fraction of sp³-hybridized carbons (Fsp3) is 0.240. The standard InChI is InChI=1S/C25H26N6O3/c1-2-3-9-16-31-25(34)20-14-8-7-13-19(20)21(29-31)23(32)27-28-24(33)22(30-17-10-15-26-30)18-11-5-4-6-12-18/h4-8,10-15,17,22H,2-3,9,16H2,1H3,(H,27,32)(H,28,33). The minimum absolute atomic E-state index is 0.0716. The van der Waals surface area contributed by atoms with Gasteiger partial charge in [-0.05, 0) is 24.1 Å². The maximum Gasteiger partial charge on any atom is 0.290 e. The van der Waals surface area contributed by atoms with E-state index < -0.39 is 17.9 Å². The summed E-state index contributed by atoms with van der Waals surface area (Å²) >= 11 is 0. The molecule has 2 aromatic heterocycles. The second kappa shape index (κ2) is 10.6. The minimum atomic E-state index is -0.774. The zero-order chi connectivity index (χ0) is 23.9. The molecule has 2 heterocycles. The number of nitrogens with zero attached hydrogens (tertiary/aromatic N) is 4. The second-order valence-corrected chi connectivity index (χ2v) is 7.87. The number of rotatable bonds is 8. The van der Waals surface area contributed by atoms with Crippen LogP contribution in [0.15, 0.2) is 77.9 Å². The molecule has 1 unspecified atom stereocenters. The first kappa shape index (κ1) is 22.9. The van der Waals surface area contributed by atoms with Crippen LogP contribution in [0.3, 0.4) is 0 Å². The molecule has 0 aliphatic rings. The molecule has 34 heavy (non-hydrogen) atoms. The van der Waals surface area contributed by atoms with E-state index in [-0.39, 0.29) is 11.3 Å². The summed E-state index contributed by atoms with van der Waals surface area (Å²) in [7, 11) is 0. The minimum Gasteiger partial charge on any atom is -0.270 e. The number of unbranched alkanes of at least 4 members (excludes halogenated alkanes) is 2. The molecule has 2 aromatic carbocycles. The van der Waals surface area contributed by atoms with Gasteiger partial charge in [0.05, 0.1) is 5.39 Å². The molecule has 2 amide bonds. The monoisotopic (exact) mass is 458 g/mol. The lowest BCUT2D eigenvalue weighted by Crippen LogP contribution is -2.46. The first-order chi connectivity index (χ1) is 16.6. The Labute approximate surface area is 196 Å². The van der Waals surface area contributed by atoms with Crippen LogP contribution >= 0.6 is 0 Å². The molecule has 0 radical (unpaired) electrons. The van der Waals surface area contributed by atoms with Crippen LogP contribution in [0.5, 0.6) is 0 Å². The molecule has 9 nitrogen and oxygen atoms in total. The lowest BCUT2D eigenvalue weighted by molar-refractivity contribution is -0.124. The number of nitrogens with one attached hydrogen (secondary N) is 2. The SMILES string of the molecule is CCCCCn1nc(C(=O)NNC(=O)C(c2ccccc2)n2cccn2)c2ccccc2c1=O. The highest BCUT2D eigenvalue weighted by atomic mass is 16.2. The van der Waals surface area contributed by atoms with Crippen molar-refractivity contribution in [1.29, 1.82) is 0 Å². The first-order valence-electron chi connectivity index (χ1n) is 11.2. The van der Waals surface area contributed by atoms with E-state index in [0.717, 1.165) is 19.3 Å². The summed E-state index contributed by atoms with van der Waals surface area (Å²) in [6.45, 7) is 2.49. The topological polar surface area (TPSA) is 111 Å². The van der Waals surface area contributed by atoms with E-state index in [2.05, 4.69) is 28.0 Å². The summed E-state index contributed by atoms with van der Waals surface area (Å²) in [6.07, 6.45) is 6.00. The fourth-order valence-corrected chi connectivity index (χ4v) is 3.80. The van der Waals surface area contributed by atoms with Crippen LogP contribution in [0.4, 0.5) is 0 Å². The molecule has 1 atom stereocenters. The molecule has 0 aliphatic carbocycles. The Morgan fingerprint density at radius 1 is 0.941 bits per heavy atom. The second-order valence-electron chi connectivity index (χ2n) is 7.87. The summed E-state index contributed by atoms with van der Waals surface area (Å²) in [5, 5.41) is 9.35. The molecule has 0 bridgehead atoms. The molecule has 4 rings (SSSR count). The highest BCUT2D eigenvalue weighted by Gasteiger charge is 2.24. The first-order valence-corrected chi connectivity index (χ1v) is 11.2. The maximum absolute atomic E-state index is 13.1. The average Bonchev–Trinajstić information content (AvgIpc) is 3.39. The van der Waals surface area contributed by atoms with Crippen molar-refractivity contribution in [2.45, 2.75) is 38.8 Å². The van der Waals surface area contributed by atoms with Gasteiger partial charge in [-0.15, -0.1) is 0 Å². The number of hydrogen-bond acceptors (Lipinski definition) is 5. The highest BCUT2D eigenvalue weighted by molar-refractivity contribution is 6.05. The number of carbonyl (C=O) groups excluding carboxylic acids is 2. The summed E-state index contributed by atoms with van der Waals surface area (Å²) < 4.78 is 2.84. The van der Waals surface area contributed by atoms with Gasteiger partial charge >= 0.3 is 0 Å². The third kappa shape index (κ3) is 4.88. The van der Waals surface area contributed by atoms with Crippen LogP contribution in [0, 0.1) is 0 Å². The number of aromatic nitrogens is 4. The molecule has 4 aromatic rings. The summed E-state index contributed by atoms with van der Waals surface area (Å²) in [5.74, 6) is -1.08. The van der Waals surface area contributed by atoms with Gasteiger partial charge < -0.3 is 0 Å². The van der Waals surface area contributed by atoms with Crippen molar-refractivity contribution >= 4 is 22.6 Å². The van der Waals surface area contributed by atoms with Gasteiger partial charge in [-0.3, -0.25) is 29.9 Å². The Kier molecular flexibility index (Phi) is 7.12. The van der Waals surface area contributed by atoms with E-state index in [1.54, 1.807) is 42.7 Å². The molecule has 2 N–H and O–H groups in total. The Bertz CT molecular complexity index is 1330. The van der Waals surface area contributed by atoms with E-state index in [0.29, 0.717) is 22.9 Å². The largest absolute Gasteiger partial charge is 0.290 e. The van der Waals surface area contributed by atoms with Crippen molar-refractivity contribution in [1.82, 2.24) is 30.4 Å². The van der Waals surface area contributed by atoms with E-state index in [9.17, 15) is 14.4 Å². The Hall–Kier alpha value is -4.27. The summed E-state index contributed by atoms with van der Waals surface area (Å²) in [5.41, 5.74) is 5.50. The van der Waals surface area contributed by atoms with Crippen molar-refractivity contribution in [2.75, 3.05) is 0 Å². The molecule has 0 aliphatic heterocycles. The summed E-state index contributed by atoms with van der Waals surface area (Å²) in [4.78, 5) is 39.0. The number of fused-ring (bicyclic) bond motifs is 1. The van der Waals surface area contributed by atoms with Crippen molar-refractivity contribution in [3.8, 4) is 0 Å². The van der Waals surface area contributed by atoms with E-state index in [1.165, 1.54) is 9.36 Å². The van der Waals surface area contributed by atoms with Gasteiger partial charge in [0, 0.05) is 24.3 Å². The Morgan fingerprint density at radius 3 is 2.38 bits per heavy atom. The number of carbonyl (C=O) groups is 2. The smallest absolute Gasteiger partial charge is 0.270 e. The Balaban J connectivity index is 1.58. The third-order valence-electron chi connectivity index (χ3n) is 5.51. The molecule has 9 heteroatoms. The van der Waals surface area contributed by atoms with Crippen LogP contribution < -0.4 is 16.4 Å². The van der Waals surface area contributed by atoms with Crippen molar-refractivity contribution in [3.05, 3.63) is 94.7 Å². The lowest BCUT2D eigenvalue weighted by atomic mass is 10.1. The van der Waals surface area contributed by atoms with E-state index in [4.69, 9.17) is 0 Å². The van der Waals surface area contributed by atoms with Gasteiger partial charge in [-0.1, -0.05) is 68.3 Å². The number of hydrazine groups is 1. The van der Waals surface area contributed by atoms with Gasteiger partial charge in [0.1, 0.15) is 0 Å². The Morgan fingerprint density at radius 2 is 1.68 bits per heavy atom. The summed E-state index contributed by atoms with van der Waals surface area (Å²) in [6, 6.07) is 16.9. The predicted octanol–water partition coefficient (Wildman–Crippen LogP) is 2.83. The van der Waals surface area contributed by atoms with Crippen molar-refractivity contribution in [2.24, 2.45) is 0 Å². The van der Waals surface area contributed by atoms with Crippen LogP contribution in [0.25, 0.3) is 10.8 Å².